The minimum Gasteiger partial charge on any atom is -0.504 e. The molecule has 3 rings (SSSR count). The molecule has 0 aliphatic carbocycles. The molecule has 6 nitrogen and oxygen atoms in total. The Morgan fingerprint density at radius 1 is 1.22 bits per heavy atom. The Kier molecular flexibility index (Phi) is 3.50. The molecule has 116 valence electrons. The first-order valence-electron chi connectivity index (χ1n) is 6.78. The van der Waals surface area contributed by atoms with Gasteiger partial charge in [0.25, 0.3) is 5.91 Å². The maximum absolute atomic E-state index is 12.1. The van der Waals surface area contributed by atoms with Crippen molar-refractivity contribution in [3.05, 3.63) is 53.1 Å². The number of hydrogen-bond acceptors (Lipinski definition) is 5. The number of para-hydroxylation sites is 1. The highest BCUT2D eigenvalue weighted by Gasteiger charge is 2.25. The lowest BCUT2D eigenvalue weighted by Gasteiger charge is -2.04. The Morgan fingerprint density at radius 2 is 2.00 bits per heavy atom. The van der Waals surface area contributed by atoms with E-state index in [0.717, 1.165) is 0 Å². The number of benzene rings is 2. The summed E-state index contributed by atoms with van der Waals surface area (Å²) in [6.45, 7) is 0. The average Bonchev–Trinajstić information content (AvgIpc) is 2.86. The van der Waals surface area contributed by atoms with E-state index in [-0.39, 0.29) is 17.4 Å². The molecule has 0 atom stereocenters. The number of anilines is 1. The van der Waals surface area contributed by atoms with Crippen molar-refractivity contribution in [2.45, 2.75) is 0 Å². The molecule has 3 N–H and O–H groups in total. The molecule has 0 unspecified atom stereocenters. The second-order valence-corrected chi connectivity index (χ2v) is 4.98. The summed E-state index contributed by atoms with van der Waals surface area (Å²) in [6.07, 6.45) is 1.48. The first-order chi connectivity index (χ1) is 11.0. The third kappa shape index (κ3) is 2.50. The Hall–Kier alpha value is -3.28. The van der Waals surface area contributed by atoms with Gasteiger partial charge in [0.05, 0.1) is 12.7 Å². The van der Waals surface area contributed by atoms with Gasteiger partial charge in [0.2, 0.25) is 0 Å². The molecule has 0 fully saturated rings. The smallest absolute Gasteiger partial charge is 0.337 e. The minimum absolute atomic E-state index is 0.265. The number of aromatic hydroxyl groups is 2. The summed E-state index contributed by atoms with van der Waals surface area (Å²) in [7, 11) is 1.28. The SMILES string of the molecule is COC(=O)c1ccc2c(c1)NC(=O)C2=Cc1cccc(O)c1O. The van der Waals surface area contributed by atoms with E-state index in [2.05, 4.69) is 10.1 Å². The molecule has 1 aliphatic rings. The third-order valence-electron chi connectivity index (χ3n) is 3.57. The molecular weight excluding hydrogens is 298 g/mol. The first-order valence-corrected chi connectivity index (χ1v) is 6.78. The second kappa shape index (κ2) is 5.49. The van der Waals surface area contributed by atoms with Crippen LogP contribution in [0.4, 0.5) is 5.69 Å². The number of carbonyl (C=O) groups is 2. The van der Waals surface area contributed by atoms with Gasteiger partial charge in [-0.25, -0.2) is 4.79 Å². The highest BCUT2D eigenvalue weighted by Crippen LogP contribution is 2.37. The summed E-state index contributed by atoms with van der Waals surface area (Å²) >= 11 is 0. The first kappa shape index (κ1) is 14.6. The van der Waals surface area contributed by atoms with Crippen LogP contribution in [-0.2, 0) is 9.53 Å². The summed E-state index contributed by atoms with van der Waals surface area (Å²) < 4.78 is 4.65. The van der Waals surface area contributed by atoms with Gasteiger partial charge in [-0.1, -0.05) is 18.2 Å². The van der Waals surface area contributed by atoms with Gasteiger partial charge in [-0.15, -0.1) is 0 Å². The van der Waals surface area contributed by atoms with Gasteiger partial charge in [0.1, 0.15) is 0 Å². The van der Waals surface area contributed by atoms with Crippen molar-refractivity contribution in [1.29, 1.82) is 0 Å². The van der Waals surface area contributed by atoms with Crippen LogP contribution in [0.2, 0.25) is 0 Å². The normalized spacial score (nSPS) is 14.5. The van der Waals surface area contributed by atoms with Gasteiger partial charge in [0, 0.05) is 22.4 Å². The zero-order valence-corrected chi connectivity index (χ0v) is 12.2. The van der Waals surface area contributed by atoms with Crippen molar-refractivity contribution in [3.63, 3.8) is 0 Å². The third-order valence-corrected chi connectivity index (χ3v) is 3.57. The van der Waals surface area contributed by atoms with E-state index in [4.69, 9.17) is 0 Å². The second-order valence-electron chi connectivity index (χ2n) is 4.98. The van der Waals surface area contributed by atoms with Gasteiger partial charge >= 0.3 is 5.97 Å². The van der Waals surface area contributed by atoms with Gasteiger partial charge < -0.3 is 20.3 Å². The lowest BCUT2D eigenvalue weighted by molar-refractivity contribution is -0.110. The summed E-state index contributed by atoms with van der Waals surface area (Å²) in [5.74, 6) is -1.42. The fourth-order valence-corrected chi connectivity index (χ4v) is 2.40. The van der Waals surface area contributed by atoms with Crippen LogP contribution in [0, 0.1) is 0 Å². The largest absolute Gasteiger partial charge is 0.504 e. The number of methoxy groups -OCH3 is 1. The maximum atomic E-state index is 12.1. The van der Waals surface area contributed by atoms with E-state index in [1.165, 1.54) is 25.3 Å². The van der Waals surface area contributed by atoms with Crippen molar-refractivity contribution in [3.8, 4) is 11.5 Å². The minimum atomic E-state index is -0.495. The highest BCUT2D eigenvalue weighted by molar-refractivity contribution is 6.35. The fraction of sp³-hybridized carbons (Fsp3) is 0.0588. The average molecular weight is 311 g/mol. The number of fused-ring (bicyclic) bond motifs is 1. The van der Waals surface area contributed by atoms with Crippen molar-refractivity contribution >= 4 is 29.2 Å². The number of ether oxygens (including phenoxy) is 1. The zero-order chi connectivity index (χ0) is 16.6. The van der Waals surface area contributed by atoms with E-state index in [9.17, 15) is 19.8 Å². The standard InChI is InChI=1S/C17H13NO5/c1-23-17(22)10-5-6-11-12(16(21)18-13(11)8-10)7-9-3-2-4-14(19)15(9)20/h2-8,19-20H,1H3,(H,18,21). The Labute approximate surface area is 131 Å². The van der Waals surface area contributed by atoms with E-state index in [1.54, 1.807) is 24.3 Å². The number of phenols is 2. The number of amides is 1. The van der Waals surface area contributed by atoms with E-state index in [1.807, 2.05) is 0 Å². The molecule has 1 aliphatic heterocycles. The molecule has 0 aromatic heterocycles. The lowest BCUT2D eigenvalue weighted by atomic mass is 10.0. The van der Waals surface area contributed by atoms with E-state index >= 15 is 0 Å². The number of hydrogen-bond donors (Lipinski definition) is 3. The topological polar surface area (TPSA) is 95.9 Å². The predicted octanol–water partition coefficient (Wildman–Crippen LogP) is 2.38. The number of nitrogens with one attached hydrogen (secondary N) is 1. The maximum Gasteiger partial charge on any atom is 0.337 e. The van der Waals surface area contributed by atoms with Crippen molar-refractivity contribution < 1.29 is 24.5 Å². The van der Waals surface area contributed by atoms with Crippen molar-refractivity contribution in [2.24, 2.45) is 0 Å². The molecule has 0 spiro atoms. The van der Waals surface area contributed by atoms with Gasteiger partial charge in [0.15, 0.2) is 11.5 Å². The highest BCUT2D eigenvalue weighted by atomic mass is 16.5. The molecule has 23 heavy (non-hydrogen) atoms. The van der Waals surface area contributed by atoms with E-state index < -0.39 is 5.97 Å². The van der Waals surface area contributed by atoms with Crippen LogP contribution < -0.4 is 5.32 Å². The molecule has 2 aromatic rings. The van der Waals surface area contributed by atoms with E-state index in [0.29, 0.717) is 28.0 Å². The van der Waals surface area contributed by atoms with Crippen LogP contribution in [0.1, 0.15) is 21.5 Å². The van der Waals surface area contributed by atoms with Crippen molar-refractivity contribution in [2.75, 3.05) is 12.4 Å². The Morgan fingerprint density at radius 3 is 2.74 bits per heavy atom. The number of carbonyl (C=O) groups excluding carboxylic acids is 2. The monoisotopic (exact) mass is 311 g/mol. The number of esters is 1. The molecule has 1 amide bonds. The molecule has 6 heteroatoms. The molecule has 0 radical (unpaired) electrons. The quantitative estimate of drug-likeness (QED) is 0.449. The molecule has 0 saturated heterocycles. The number of phenolic OH excluding ortho intramolecular Hbond substituents is 2. The lowest BCUT2D eigenvalue weighted by Crippen LogP contribution is -2.04. The summed E-state index contributed by atoms with van der Waals surface area (Å²) in [5, 5.41) is 22.0. The van der Waals surface area contributed by atoms with Gasteiger partial charge in [-0.05, 0) is 24.3 Å². The fourth-order valence-electron chi connectivity index (χ4n) is 2.40. The van der Waals surface area contributed by atoms with Crippen LogP contribution in [-0.4, -0.2) is 29.2 Å². The molecule has 1 heterocycles. The van der Waals surface area contributed by atoms with Gasteiger partial charge in [-0.2, -0.15) is 0 Å². The summed E-state index contributed by atoms with van der Waals surface area (Å²) in [4.78, 5) is 23.7. The zero-order valence-electron chi connectivity index (χ0n) is 12.2. The molecule has 0 bridgehead atoms. The van der Waals surface area contributed by atoms with Crippen LogP contribution in [0.5, 0.6) is 11.5 Å². The molecular formula is C17H13NO5. The molecule has 0 saturated carbocycles. The Balaban J connectivity index is 2.07. The Bertz CT molecular complexity index is 854. The summed E-state index contributed by atoms with van der Waals surface area (Å²) in [6, 6.07) is 9.21. The van der Waals surface area contributed by atoms with Crippen LogP contribution in [0.15, 0.2) is 36.4 Å². The molecule has 2 aromatic carbocycles. The van der Waals surface area contributed by atoms with Gasteiger partial charge in [-0.3, -0.25) is 4.79 Å². The van der Waals surface area contributed by atoms with Crippen molar-refractivity contribution in [1.82, 2.24) is 0 Å². The van der Waals surface area contributed by atoms with Crippen LogP contribution >= 0.6 is 0 Å². The summed E-state index contributed by atoms with van der Waals surface area (Å²) in [5.41, 5.74) is 2.07. The predicted molar refractivity (Wildman–Crippen MR) is 84.1 cm³/mol. The number of rotatable bonds is 2. The van der Waals surface area contributed by atoms with Crippen LogP contribution in [0.3, 0.4) is 0 Å². The van der Waals surface area contributed by atoms with Crippen LogP contribution in [0.25, 0.3) is 11.6 Å².